The molecule has 5 rings (SSSR count). The van der Waals surface area contributed by atoms with E-state index in [4.69, 9.17) is 0 Å². The van der Waals surface area contributed by atoms with Gasteiger partial charge in [-0.25, -0.2) is 18.6 Å². The first kappa shape index (κ1) is 20.2. The lowest BCUT2D eigenvalue weighted by molar-refractivity contribution is 0.193. The number of aromatic amines is 1. The molecule has 0 saturated heterocycles. The third kappa shape index (κ3) is 3.60. The number of fused-ring (bicyclic) bond motifs is 3. The highest BCUT2D eigenvalue weighted by Gasteiger charge is 2.35. The number of H-pyrrole nitrogens is 1. The summed E-state index contributed by atoms with van der Waals surface area (Å²) in [5, 5.41) is 3.91. The number of rotatable bonds is 2. The Balaban J connectivity index is 1.60. The molecule has 2 N–H and O–H groups in total. The van der Waals surface area contributed by atoms with Gasteiger partial charge < -0.3 is 15.2 Å². The van der Waals surface area contributed by atoms with Gasteiger partial charge in [0, 0.05) is 35.6 Å². The zero-order valence-corrected chi connectivity index (χ0v) is 17.7. The van der Waals surface area contributed by atoms with Crippen molar-refractivity contribution in [3.63, 3.8) is 0 Å². The molecule has 7 heteroatoms. The second-order valence-electron chi connectivity index (χ2n) is 8.27. The third-order valence-corrected chi connectivity index (χ3v) is 5.83. The van der Waals surface area contributed by atoms with E-state index >= 15 is 0 Å². The van der Waals surface area contributed by atoms with Crippen LogP contribution in [-0.4, -0.2) is 27.4 Å². The highest BCUT2D eigenvalue weighted by molar-refractivity contribution is 5.91. The number of pyridine rings is 1. The Bertz CT molecular complexity index is 1310. The van der Waals surface area contributed by atoms with Crippen molar-refractivity contribution in [3.8, 4) is 0 Å². The third-order valence-electron chi connectivity index (χ3n) is 5.83. The highest BCUT2D eigenvalue weighted by Crippen LogP contribution is 2.38. The summed E-state index contributed by atoms with van der Waals surface area (Å²) >= 11 is 0. The molecular weight excluding hydrogens is 410 g/mol. The average molecular weight is 432 g/mol. The van der Waals surface area contributed by atoms with Crippen molar-refractivity contribution in [1.82, 2.24) is 14.9 Å². The Kier molecular flexibility index (Phi) is 4.89. The van der Waals surface area contributed by atoms with Gasteiger partial charge in [0.05, 0.1) is 6.04 Å². The molecule has 4 aromatic rings. The minimum absolute atomic E-state index is 0.332. The van der Waals surface area contributed by atoms with E-state index in [2.05, 4.69) is 15.3 Å². The lowest BCUT2D eigenvalue weighted by atomic mass is 9.92. The maximum Gasteiger partial charge on any atom is 0.322 e. The van der Waals surface area contributed by atoms with Crippen LogP contribution in [0.3, 0.4) is 0 Å². The normalized spacial score (nSPS) is 15.6. The molecule has 1 aliphatic heterocycles. The number of urea groups is 1. The Hall–Kier alpha value is -3.74. The van der Waals surface area contributed by atoms with Gasteiger partial charge in [0.25, 0.3) is 0 Å². The number of halogens is 2. The predicted molar refractivity (Wildman–Crippen MR) is 120 cm³/mol. The number of aryl methyl sites for hydroxylation is 2. The zero-order valence-electron chi connectivity index (χ0n) is 17.7. The van der Waals surface area contributed by atoms with E-state index in [0.29, 0.717) is 29.9 Å². The molecular formula is C25H22F2N4O. The molecule has 1 unspecified atom stereocenters. The summed E-state index contributed by atoms with van der Waals surface area (Å²) in [6.07, 6.45) is 2.29. The second-order valence-corrected chi connectivity index (χ2v) is 8.27. The molecule has 0 spiro atoms. The first-order chi connectivity index (χ1) is 15.4. The van der Waals surface area contributed by atoms with Crippen LogP contribution < -0.4 is 5.32 Å². The summed E-state index contributed by atoms with van der Waals surface area (Å²) in [5.74, 6) is -1.37. The van der Waals surface area contributed by atoms with Crippen LogP contribution >= 0.6 is 0 Å². The first-order valence-electron chi connectivity index (χ1n) is 10.5. The van der Waals surface area contributed by atoms with E-state index < -0.39 is 17.7 Å². The van der Waals surface area contributed by atoms with Crippen LogP contribution in [0.25, 0.3) is 11.0 Å². The van der Waals surface area contributed by atoms with Gasteiger partial charge >= 0.3 is 6.03 Å². The molecule has 5 nitrogen and oxygen atoms in total. The Morgan fingerprint density at radius 1 is 1.09 bits per heavy atom. The number of anilines is 1. The fourth-order valence-electron chi connectivity index (χ4n) is 4.66. The number of hydrogen-bond donors (Lipinski definition) is 2. The molecule has 2 aromatic carbocycles. The Morgan fingerprint density at radius 3 is 2.53 bits per heavy atom. The summed E-state index contributed by atoms with van der Waals surface area (Å²) in [6, 6.07) is 12.0. The second kappa shape index (κ2) is 7.75. The summed E-state index contributed by atoms with van der Waals surface area (Å²) in [5.41, 5.74) is 5.55. The summed E-state index contributed by atoms with van der Waals surface area (Å²) < 4.78 is 28.3. The van der Waals surface area contributed by atoms with Crippen LogP contribution in [0.1, 0.15) is 34.0 Å². The van der Waals surface area contributed by atoms with Gasteiger partial charge in [-0.3, -0.25) is 0 Å². The van der Waals surface area contributed by atoms with E-state index in [1.165, 1.54) is 12.1 Å². The van der Waals surface area contributed by atoms with E-state index in [0.717, 1.165) is 33.8 Å². The number of benzene rings is 2. The van der Waals surface area contributed by atoms with Crippen LogP contribution in [-0.2, 0) is 6.42 Å². The number of nitrogens with one attached hydrogen (secondary N) is 2. The number of carbonyl (C=O) groups excluding carboxylic acids is 1. The van der Waals surface area contributed by atoms with Gasteiger partial charge in [-0.2, -0.15) is 0 Å². The number of aromatic nitrogens is 2. The van der Waals surface area contributed by atoms with Gasteiger partial charge in [-0.05, 0) is 78.9 Å². The monoisotopic (exact) mass is 432 g/mol. The van der Waals surface area contributed by atoms with Crippen LogP contribution in [0, 0.1) is 25.5 Å². The smallest absolute Gasteiger partial charge is 0.322 e. The van der Waals surface area contributed by atoms with Crippen molar-refractivity contribution >= 4 is 22.8 Å². The number of nitrogens with zero attached hydrogens (tertiary/aromatic N) is 2. The molecule has 0 bridgehead atoms. The van der Waals surface area contributed by atoms with Crippen molar-refractivity contribution in [2.24, 2.45) is 0 Å². The number of carbonyl (C=O) groups is 1. The minimum atomic E-state index is -0.684. The van der Waals surface area contributed by atoms with Gasteiger partial charge in [-0.1, -0.05) is 6.07 Å². The van der Waals surface area contributed by atoms with Crippen molar-refractivity contribution in [2.45, 2.75) is 26.3 Å². The fraction of sp³-hybridized carbons (Fsp3) is 0.200. The maximum absolute atomic E-state index is 14.1. The topological polar surface area (TPSA) is 61.0 Å². The van der Waals surface area contributed by atoms with Crippen molar-refractivity contribution < 1.29 is 13.6 Å². The van der Waals surface area contributed by atoms with Gasteiger partial charge in [-0.15, -0.1) is 0 Å². The maximum atomic E-state index is 14.1. The largest absolute Gasteiger partial charge is 0.341 e. The van der Waals surface area contributed by atoms with E-state index in [-0.39, 0.29) is 6.03 Å². The van der Waals surface area contributed by atoms with Crippen LogP contribution in [0.4, 0.5) is 19.3 Å². The lowest BCUT2D eigenvalue weighted by Gasteiger charge is -2.36. The standard InChI is InChI=1S/C25H22F2N4O/c1-14-8-15(2)10-19(9-14)29-25(32)31-7-5-20-21-4-3-6-28-24(21)30-22(20)23(31)16-11-17(26)13-18(27)12-16/h3-4,6,8-13,23H,5,7H2,1-2H3,(H,28,30)(H,29,32). The molecule has 0 aliphatic carbocycles. The molecule has 3 heterocycles. The Morgan fingerprint density at radius 2 is 1.81 bits per heavy atom. The van der Waals surface area contributed by atoms with Crippen LogP contribution in [0.2, 0.25) is 0 Å². The quantitative estimate of drug-likeness (QED) is 0.431. The molecule has 1 atom stereocenters. The first-order valence-corrected chi connectivity index (χ1v) is 10.5. The molecule has 32 heavy (non-hydrogen) atoms. The zero-order chi connectivity index (χ0) is 22.4. The van der Waals surface area contributed by atoms with Gasteiger partial charge in [0.15, 0.2) is 0 Å². The Labute approximate surface area is 184 Å². The van der Waals surface area contributed by atoms with Crippen LogP contribution in [0.15, 0.2) is 54.7 Å². The van der Waals surface area contributed by atoms with E-state index in [1.54, 1.807) is 11.1 Å². The summed E-state index contributed by atoms with van der Waals surface area (Å²) in [6.45, 7) is 4.32. The van der Waals surface area contributed by atoms with Crippen LogP contribution in [0.5, 0.6) is 0 Å². The van der Waals surface area contributed by atoms with Gasteiger partial charge in [0.1, 0.15) is 17.3 Å². The average Bonchev–Trinajstić information content (AvgIpc) is 3.10. The molecule has 0 radical (unpaired) electrons. The SMILES string of the molecule is Cc1cc(C)cc(NC(=O)N2CCc3c([nH]c4ncccc34)C2c2cc(F)cc(F)c2)c1. The van der Waals surface area contributed by atoms with E-state index in [9.17, 15) is 13.6 Å². The summed E-state index contributed by atoms with van der Waals surface area (Å²) in [7, 11) is 0. The van der Waals surface area contributed by atoms with Crippen molar-refractivity contribution in [2.75, 3.05) is 11.9 Å². The van der Waals surface area contributed by atoms with Crippen molar-refractivity contribution in [1.29, 1.82) is 0 Å². The lowest BCUT2D eigenvalue weighted by Crippen LogP contribution is -2.43. The molecule has 162 valence electrons. The molecule has 0 fully saturated rings. The molecule has 2 amide bonds. The molecule has 1 aliphatic rings. The summed E-state index contributed by atoms with van der Waals surface area (Å²) in [4.78, 5) is 22.7. The van der Waals surface area contributed by atoms with Gasteiger partial charge in [0.2, 0.25) is 0 Å². The van der Waals surface area contributed by atoms with Crippen molar-refractivity contribution in [3.05, 3.63) is 94.3 Å². The molecule has 0 saturated carbocycles. The number of amides is 2. The molecule has 2 aromatic heterocycles. The highest BCUT2D eigenvalue weighted by atomic mass is 19.1. The minimum Gasteiger partial charge on any atom is -0.341 e. The predicted octanol–water partition coefficient (Wildman–Crippen LogP) is 5.64. The fourth-order valence-corrected chi connectivity index (χ4v) is 4.66. The number of hydrogen-bond acceptors (Lipinski definition) is 2. The van der Waals surface area contributed by atoms with E-state index in [1.807, 2.05) is 44.2 Å².